The van der Waals surface area contributed by atoms with Crippen LogP contribution in [0.3, 0.4) is 0 Å². The van der Waals surface area contributed by atoms with Crippen LogP contribution >= 0.6 is 17.9 Å². The summed E-state index contributed by atoms with van der Waals surface area (Å²) >= 11 is 8.34. The third-order valence-electron chi connectivity index (χ3n) is 2.20. The molecule has 0 heterocycles. The minimum atomic E-state index is -3.44. The largest absolute Gasteiger partial charge is 0.465 e. The maximum Gasteiger partial charge on any atom is 0.336 e. The molecule has 0 aliphatic rings. The molecule has 2 atom stereocenters. The summed E-state index contributed by atoms with van der Waals surface area (Å²) in [4.78, 5) is 33.2. The normalized spacial score (nSPS) is 16.3. The minimum Gasteiger partial charge on any atom is -0.465 e. The zero-order chi connectivity index (χ0) is 15.3. The predicted octanol–water partition coefficient (Wildman–Crippen LogP) is 1.67. The Morgan fingerprint density at radius 2 is 1.79 bits per heavy atom. The number of rotatable bonds is 7. The zero-order valence-electron chi connectivity index (χ0n) is 11.3. The average Bonchev–Trinajstić information content (AvgIpc) is 2.25. The molecular weight excluding hydrogens is 311 g/mol. The molecule has 0 rings (SSSR count). The van der Waals surface area contributed by atoms with Gasteiger partial charge in [-0.1, -0.05) is 12.2 Å². The van der Waals surface area contributed by atoms with Crippen molar-refractivity contribution in [2.75, 3.05) is 13.2 Å². The average molecular weight is 330 g/mol. The second-order valence-electron chi connectivity index (χ2n) is 4.17. The number of carbonyl (C=O) groups excluding carboxylic acids is 2. The Morgan fingerprint density at radius 1 is 1.32 bits per heavy atom. The molecule has 0 aromatic rings. The molecule has 2 unspecified atom stereocenters. The topological polar surface area (TPSA) is 82.1 Å². The standard InChI is InChI=1S/C10H19O6PS2/c1-5-14-8(11)7(16-17(13,18)19)10(3,4)9(12)15-6-2/h7H,5-6H2,1-4H3,(H2,13,18,19). The molecule has 0 radical (unpaired) electrons. The number of hydrogen-bond donors (Lipinski definition) is 2. The molecule has 6 nitrogen and oxygen atoms in total. The van der Waals surface area contributed by atoms with E-state index in [0.717, 1.165) is 0 Å². The van der Waals surface area contributed by atoms with Gasteiger partial charge in [-0.15, -0.1) is 0 Å². The van der Waals surface area contributed by atoms with E-state index in [1.165, 1.54) is 13.8 Å². The number of hydrogen-bond acceptors (Lipinski definition) is 6. The molecule has 0 aromatic carbocycles. The third kappa shape index (κ3) is 6.23. The summed E-state index contributed by atoms with van der Waals surface area (Å²) in [6.07, 6.45) is -1.38. The van der Waals surface area contributed by atoms with E-state index in [2.05, 4.69) is 24.1 Å². The van der Waals surface area contributed by atoms with Crippen molar-refractivity contribution in [3.63, 3.8) is 0 Å². The Hall–Kier alpha value is -0.140. The van der Waals surface area contributed by atoms with E-state index in [0.29, 0.717) is 0 Å². The van der Waals surface area contributed by atoms with Gasteiger partial charge >= 0.3 is 11.9 Å². The molecule has 19 heavy (non-hydrogen) atoms. The molecule has 0 spiro atoms. The van der Waals surface area contributed by atoms with Crippen molar-refractivity contribution >= 4 is 41.7 Å². The van der Waals surface area contributed by atoms with Gasteiger partial charge in [0.25, 0.3) is 0 Å². The first-order valence-electron chi connectivity index (χ1n) is 5.64. The number of ether oxygens (including phenoxy) is 2. The summed E-state index contributed by atoms with van der Waals surface area (Å²) in [7, 11) is 0. The molecule has 0 aliphatic carbocycles. The molecule has 0 saturated carbocycles. The van der Waals surface area contributed by atoms with Gasteiger partial charge in [-0.3, -0.25) is 4.79 Å². The monoisotopic (exact) mass is 330 g/mol. The predicted molar refractivity (Wildman–Crippen MR) is 77.4 cm³/mol. The first-order chi connectivity index (χ1) is 8.56. The van der Waals surface area contributed by atoms with Crippen molar-refractivity contribution in [2.24, 2.45) is 5.41 Å². The van der Waals surface area contributed by atoms with Crippen LogP contribution in [0.5, 0.6) is 0 Å². The van der Waals surface area contributed by atoms with Crippen LogP contribution in [0.1, 0.15) is 27.7 Å². The van der Waals surface area contributed by atoms with E-state index >= 15 is 0 Å². The van der Waals surface area contributed by atoms with Gasteiger partial charge in [0.15, 0.2) is 6.10 Å². The van der Waals surface area contributed by atoms with Crippen LogP contribution in [-0.2, 0) is 35.4 Å². The van der Waals surface area contributed by atoms with Crippen LogP contribution in [0.15, 0.2) is 0 Å². The maximum atomic E-state index is 11.9. The zero-order valence-corrected chi connectivity index (χ0v) is 13.9. The molecule has 0 aromatic heterocycles. The number of carbonyl (C=O) groups is 2. The molecule has 0 saturated heterocycles. The lowest BCUT2D eigenvalue weighted by Gasteiger charge is -2.31. The van der Waals surface area contributed by atoms with Crippen molar-refractivity contribution in [2.45, 2.75) is 33.8 Å². The molecule has 9 heteroatoms. The van der Waals surface area contributed by atoms with E-state index in [4.69, 9.17) is 14.0 Å². The van der Waals surface area contributed by atoms with E-state index in [1.54, 1.807) is 13.8 Å². The lowest BCUT2D eigenvalue weighted by molar-refractivity contribution is -0.171. The van der Waals surface area contributed by atoms with E-state index in [1.807, 2.05) is 0 Å². The Bertz CT molecular complexity index is 378. The van der Waals surface area contributed by atoms with Gasteiger partial charge in [-0.2, -0.15) is 0 Å². The molecule has 0 aliphatic heterocycles. The summed E-state index contributed by atoms with van der Waals surface area (Å²) in [6.45, 7) is 6.42. The van der Waals surface area contributed by atoms with Crippen LogP contribution in [0.2, 0.25) is 0 Å². The van der Waals surface area contributed by atoms with Gasteiger partial charge in [0.1, 0.15) is 0 Å². The van der Waals surface area contributed by atoms with Crippen molar-refractivity contribution in [3.8, 4) is 0 Å². The van der Waals surface area contributed by atoms with Crippen LogP contribution in [0.25, 0.3) is 0 Å². The van der Waals surface area contributed by atoms with Crippen molar-refractivity contribution in [1.29, 1.82) is 0 Å². The summed E-state index contributed by atoms with van der Waals surface area (Å²) in [5, 5.41) is 0. The Kier molecular flexibility index (Phi) is 7.54. The van der Waals surface area contributed by atoms with Crippen molar-refractivity contribution in [3.05, 3.63) is 0 Å². The van der Waals surface area contributed by atoms with Crippen molar-refractivity contribution in [1.82, 2.24) is 0 Å². The number of thiol groups is 1. The minimum absolute atomic E-state index is 0.110. The summed E-state index contributed by atoms with van der Waals surface area (Å²) in [6, 6.07) is 0. The highest BCUT2D eigenvalue weighted by atomic mass is 32.9. The smallest absolute Gasteiger partial charge is 0.336 e. The molecule has 0 fully saturated rings. The van der Waals surface area contributed by atoms with Gasteiger partial charge in [0.05, 0.1) is 18.6 Å². The Labute approximate surface area is 123 Å². The van der Waals surface area contributed by atoms with E-state index in [-0.39, 0.29) is 13.2 Å². The van der Waals surface area contributed by atoms with Crippen molar-refractivity contribution < 1.29 is 28.5 Å². The fraction of sp³-hybridized carbons (Fsp3) is 0.800. The van der Waals surface area contributed by atoms with Gasteiger partial charge in [0, 0.05) is 0 Å². The second kappa shape index (κ2) is 7.59. The van der Waals surface area contributed by atoms with Gasteiger partial charge in [-0.05, 0) is 39.5 Å². The molecule has 112 valence electrons. The van der Waals surface area contributed by atoms with Crippen LogP contribution < -0.4 is 0 Å². The second-order valence-corrected chi connectivity index (χ2v) is 9.29. The van der Waals surface area contributed by atoms with Gasteiger partial charge in [0.2, 0.25) is 5.69 Å². The van der Waals surface area contributed by atoms with Gasteiger partial charge < -0.3 is 18.9 Å². The number of esters is 2. The molecule has 0 bridgehead atoms. The SMILES string of the molecule is CCOC(=O)C(OP(O)(=S)S)C(C)(C)C(=O)OCC. The first-order valence-corrected chi connectivity index (χ1v) is 9.46. The van der Waals surface area contributed by atoms with E-state index < -0.39 is 29.2 Å². The highest BCUT2D eigenvalue weighted by Gasteiger charge is 2.46. The lowest BCUT2D eigenvalue weighted by Crippen LogP contribution is -2.45. The first kappa shape index (κ1) is 18.9. The highest BCUT2D eigenvalue weighted by Crippen LogP contribution is 2.51. The Balaban J connectivity index is 5.27. The molecular formula is C10H19O6PS2. The highest BCUT2D eigenvalue weighted by molar-refractivity contribution is 8.59. The fourth-order valence-electron chi connectivity index (χ4n) is 1.25. The summed E-state index contributed by atoms with van der Waals surface area (Å²) in [5.41, 5.74) is -4.78. The quantitative estimate of drug-likeness (QED) is 0.417. The molecule has 1 N–H and O–H groups in total. The maximum absolute atomic E-state index is 11.9. The lowest BCUT2D eigenvalue weighted by atomic mass is 9.86. The van der Waals surface area contributed by atoms with Gasteiger partial charge in [-0.25, -0.2) is 4.79 Å². The fourth-order valence-corrected chi connectivity index (χ4v) is 2.41. The summed E-state index contributed by atoms with van der Waals surface area (Å²) < 4.78 is 14.7. The van der Waals surface area contributed by atoms with Crippen LogP contribution in [-0.4, -0.2) is 36.1 Å². The van der Waals surface area contributed by atoms with Crippen LogP contribution in [0, 0.1) is 5.41 Å². The summed E-state index contributed by atoms with van der Waals surface area (Å²) in [5.74, 6) is -1.44. The van der Waals surface area contributed by atoms with E-state index in [9.17, 15) is 14.5 Å². The Morgan fingerprint density at radius 3 is 2.16 bits per heavy atom. The molecule has 0 amide bonds. The van der Waals surface area contributed by atoms with Crippen LogP contribution in [0.4, 0.5) is 0 Å². The third-order valence-corrected chi connectivity index (χ3v) is 3.23.